The summed E-state index contributed by atoms with van der Waals surface area (Å²) in [5.41, 5.74) is 2.33. The van der Waals surface area contributed by atoms with E-state index in [1.807, 2.05) is 22.8 Å². The monoisotopic (exact) mass is 353 g/mol. The third kappa shape index (κ3) is 2.43. The van der Waals surface area contributed by atoms with Gasteiger partial charge in [-0.15, -0.1) is 11.6 Å². The van der Waals surface area contributed by atoms with Gasteiger partial charge in [-0.25, -0.2) is 9.37 Å². The Morgan fingerprint density at radius 3 is 2.85 bits per heavy atom. The topological polar surface area (TPSA) is 30.7 Å². The molecule has 0 bridgehead atoms. The summed E-state index contributed by atoms with van der Waals surface area (Å²) in [4.78, 5) is 8.67. The molecule has 0 aliphatic heterocycles. The van der Waals surface area contributed by atoms with Gasteiger partial charge in [-0.3, -0.25) is 4.98 Å². The van der Waals surface area contributed by atoms with Crippen molar-refractivity contribution >= 4 is 38.6 Å². The highest BCUT2D eigenvalue weighted by Crippen LogP contribution is 2.25. The van der Waals surface area contributed by atoms with Crippen LogP contribution < -0.4 is 0 Å². The number of alkyl halides is 1. The van der Waals surface area contributed by atoms with Crippen LogP contribution in [0.2, 0.25) is 0 Å². The van der Waals surface area contributed by atoms with E-state index in [1.165, 1.54) is 6.07 Å². The van der Waals surface area contributed by atoms with E-state index >= 15 is 0 Å². The second-order valence-corrected chi connectivity index (χ2v) is 5.45. The van der Waals surface area contributed by atoms with Crippen molar-refractivity contribution in [3.05, 3.63) is 58.3 Å². The molecule has 0 aliphatic carbocycles. The lowest BCUT2D eigenvalue weighted by Gasteiger charge is -2.07. The molecule has 3 nitrogen and oxygen atoms in total. The molecule has 2 aromatic heterocycles. The predicted octanol–water partition coefficient (Wildman–Crippen LogP) is 4.12. The van der Waals surface area contributed by atoms with Gasteiger partial charge in [0.2, 0.25) is 0 Å². The van der Waals surface area contributed by atoms with Gasteiger partial charge in [0.25, 0.3) is 0 Å². The van der Waals surface area contributed by atoms with Crippen molar-refractivity contribution in [1.82, 2.24) is 14.5 Å². The maximum Gasteiger partial charge on any atom is 0.139 e. The van der Waals surface area contributed by atoms with Crippen LogP contribution in [0.25, 0.3) is 11.0 Å². The van der Waals surface area contributed by atoms with Crippen molar-refractivity contribution in [1.29, 1.82) is 0 Å². The SMILES string of the molecule is Fc1cc2nc(CCl)n(Cc3ccccn3)c2cc1Br. The van der Waals surface area contributed by atoms with E-state index < -0.39 is 0 Å². The minimum absolute atomic E-state index is 0.265. The largest absolute Gasteiger partial charge is 0.321 e. The number of imidazole rings is 1. The Bertz CT molecular complexity index is 758. The molecule has 0 radical (unpaired) electrons. The molecule has 0 N–H and O–H groups in total. The highest BCUT2D eigenvalue weighted by Gasteiger charge is 2.13. The first kappa shape index (κ1) is 13.5. The molecule has 0 aliphatic rings. The number of benzene rings is 1. The Balaban J connectivity index is 2.15. The Labute approximate surface area is 128 Å². The minimum Gasteiger partial charge on any atom is -0.321 e. The van der Waals surface area contributed by atoms with Gasteiger partial charge in [-0.05, 0) is 34.1 Å². The molecule has 0 saturated carbocycles. The summed E-state index contributed by atoms with van der Waals surface area (Å²) < 4.78 is 15.9. The highest BCUT2D eigenvalue weighted by molar-refractivity contribution is 9.10. The summed E-state index contributed by atoms with van der Waals surface area (Å²) in [6.45, 7) is 0.553. The number of hydrogen-bond donors (Lipinski definition) is 0. The summed E-state index contributed by atoms with van der Waals surface area (Å²) in [6.07, 6.45) is 1.74. The average Bonchev–Trinajstić information content (AvgIpc) is 2.78. The zero-order chi connectivity index (χ0) is 14.1. The molecule has 6 heteroatoms. The van der Waals surface area contributed by atoms with Crippen LogP contribution in [0.3, 0.4) is 0 Å². The van der Waals surface area contributed by atoms with Crippen LogP contribution in [0.5, 0.6) is 0 Å². The maximum atomic E-state index is 13.6. The van der Waals surface area contributed by atoms with Gasteiger partial charge < -0.3 is 4.57 Å². The molecule has 0 saturated heterocycles. The van der Waals surface area contributed by atoms with Gasteiger partial charge >= 0.3 is 0 Å². The molecule has 0 fully saturated rings. The van der Waals surface area contributed by atoms with Crippen LogP contribution in [0.1, 0.15) is 11.5 Å². The van der Waals surface area contributed by atoms with Crippen LogP contribution in [0.4, 0.5) is 4.39 Å². The van der Waals surface area contributed by atoms with Gasteiger partial charge in [0.05, 0.1) is 33.6 Å². The van der Waals surface area contributed by atoms with Crippen molar-refractivity contribution in [2.45, 2.75) is 12.4 Å². The smallest absolute Gasteiger partial charge is 0.139 e. The quantitative estimate of drug-likeness (QED) is 0.662. The standard InChI is InChI=1S/C14H10BrClFN3/c15-10-5-13-12(6-11(10)17)19-14(7-16)20(13)8-9-3-1-2-4-18-9/h1-6H,7-8H2. The summed E-state index contributed by atoms with van der Waals surface area (Å²) >= 11 is 9.14. The maximum absolute atomic E-state index is 13.6. The molecule has 3 rings (SSSR count). The molecule has 0 unspecified atom stereocenters. The zero-order valence-corrected chi connectivity index (χ0v) is 12.7. The number of aromatic nitrogens is 3. The van der Waals surface area contributed by atoms with Crippen molar-refractivity contribution in [3.63, 3.8) is 0 Å². The number of hydrogen-bond acceptors (Lipinski definition) is 2. The van der Waals surface area contributed by atoms with Gasteiger partial charge in [0.15, 0.2) is 0 Å². The first-order valence-corrected chi connectivity index (χ1v) is 7.32. The lowest BCUT2D eigenvalue weighted by molar-refractivity contribution is 0.622. The number of halogens is 3. The van der Waals surface area contributed by atoms with E-state index in [2.05, 4.69) is 25.9 Å². The second-order valence-electron chi connectivity index (χ2n) is 4.32. The molecule has 0 spiro atoms. The highest BCUT2D eigenvalue weighted by atomic mass is 79.9. The van der Waals surface area contributed by atoms with Gasteiger partial charge in [0.1, 0.15) is 11.6 Å². The molecule has 20 heavy (non-hydrogen) atoms. The number of pyridine rings is 1. The van der Waals surface area contributed by atoms with E-state index in [0.29, 0.717) is 22.4 Å². The Kier molecular flexibility index (Phi) is 3.72. The number of rotatable bonds is 3. The fourth-order valence-electron chi connectivity index (χ4n) is 2.10. The summed E-state index contributed by atoms with van der Waals surface area (Å²) in [5.74, 6) is 0.631. The molecular weight excluding hydrogens is 345 g/mol. The molecule has 0 amide bonds. The van der Waals surface area contributed by atoms with Crippen molar-refractivity contribution in [2.24, 2.45) is 0 Å². The fraction of sp³-hybridized carbons (Fsp3) is 0.143. The van der Waals surface area contributed by atoms with Crippen LogP contribution >= 0.6 is 27.5 Å². The van der Waals surface area contributed by atoms with Crippen LogP contribution in [0, 0.1) is 5.82 Å². The molecule has 2 heterocycles. The number of fused-ring (bicyclic) bond motifs is 1. The van der Waals surface area contributed by atoms with Crippen LogP contribution in [0.15, 0.2) is 41.0 Å². The summed E-state index contributed by atoms with van der Waals surface area (Å²) in [6, 6.07) is 8.85. The van der Waals surface area contributed by atoms with Crippen molar-refractivity contribution < 1.29 is 4.39 Å². The Hall–Kier alpha value is -1.46. The average molecular weight is 355 g/mol. The minimum atomic E-state index is -0.332. The molecule has 0 atom stereocenters. The first-order valence-electron chi connectivity index (χ1n) is 5.99. The summed E-state index contributed by atoms with van der Waals surface area (Å²) in [7, 11) is 0. The lowest BCUT2D eigenvalue weighted by atomic mass is 10.3. The second kappa shape index (κ2) is 5.50. The van der Waals surface area contributed by atoms with E-state index in [-0.39, 0.29) is 11.7 Å². The van der Waals surface area contributed by atoms with E-state index in [4.69, 9.17) is 11.6 Å². The fourth-order valence-corrected chi connectivity index (χ4v) is 2.64. The molecular formula is C14H10BrClFN3. The van der Waals surface area contributed by atoms with Gasteiger partial charge in [-0.1, -0.05) is 6.07 Å². The van der Waals surface area contributed by atoms with Crippen molar-refractivity contribution in [2.75, 3.05) is 0 Å². The van der Waals surface area contributed by atoms with E-state index in [1.54, 1.807) is 12.3 Å². The third-order valence-corrected chi connectivity index (χ3v) is 3.88. The summed E-state index contributed by atoms with van der Waals surface area (Å²) in [5, 5.41) is 0. The van der Waals surface area contributed by atoms with Gasteiger partial charge in [0, 0.05) is 12.3 Å². The molecule has 1 aromatic carbocycles. The number of nitrogens with zero attached hydrogens (tertiary/aromatic N) is 3. The molecule has 102 valence electrons. The van der Waals surface area contributed by atoms with Crippen LogP contribution in [-0.2, 0) is 12.4 Å². The van der Waals surface area contributed by atoms with Crippen LogP contribution in [-0.4, -0.2) is 14.5 Å². The lowest BCUT2D eigenvalue weighted by Crippen LogP contribution is -2.05. The third-order valence-electron chi connectivity index (χ3n) is 3.04. The Morgan fingerprint density at radius 1 is 1.30 bits per heavy atom. The Morgan fingerprint density at radius 2 is 2.15 bits per heavy atom. The normalized spacial score (nSPS) is 11.2. The predicted molar refractivity (Wildman–Crippen MR) is 80.3 cm³/mol. The zero-order valence-electron chi connectivity index (χ0n) is 10.4. The first-order chi connectivity index (χ1) is 9.69. The van der Waals surface area contributed by atoms with E-state index in [9.17, 15) is 4.39 Å². The van der Waals surface area contributed by atoms with Gasteiger partial charge in [-0.2, -0.15) is 0 Å². The van der Waals surface area contributed by atoms with Crippen molar-refractivity contribution in [3.8, 4) is 0 Å². The van der Waals surface area contributed by atoms with E-state index in [0.717, 1.165) is 11.2 Å². The molecule has 3 aromatic rings.